The van der Waals surface area contributed by atoms with E-state index in [-0.39, 0.29) is 6.54 Å². The number of nitriles is 1. The molecule has 0 aliphatic carbocycles. The van der Waals surface area contributed by atoms with Crippen molar-refractivity contribution < 1.29 is 13.2 Å². The van der Waals surface area contributed by atoms with Crippen LogP contribution in [0.15, 0.2) is 53.7 Å². The second kappa shape index (κ2) is 5.61. The van der Waals surface area contributed by atoms with Gasteiger partial charge in [0.05, 0.1) is 5.56 Å². The van der Waals surface area contributed by atoms with Crippen molar-refractivity contribution in [1.82, 2.24) is 4.57 Å². The van der Waals surface area contributed by atoms with E-state index in [9.17, 15) is 13.2 Å². The molecule has 0 unspecified atom stereocenters. The molecule has 2 aromatic rings. The van der Waals surface area contributed by atoms with Crippen molar-refractivity contribution in [3.63, 3.8) is 0 Å². The second-order valence-corrected chi connectivity index (χ2v) is 4.10. The average Bonchev–Trinajstić information content (AvgIpc) is 2.41. The number of hydrogen-bond acceptors (Lipinski definition) is 2. The Morgan fingerprint density at radius 2 is 1.95 bits per heavy atom. The predicted molar refractivity (Wildman–Crippen MR) is 66.2 cm³/mol. The first kappa shape index (κ1) is 13.9. The van der Waals surface area contributed by atoms with Crippen LogP contribution in [0.25, 0.3) is 0 Å². The molecule has 0 spiro atoms. The van der Waals surface area contributed by atoms with Gasteiger partial charge in [-0.3, -0.25) is 0 Å². The van der Waals surface area contributed by atoms with Gasteiger partial charge in [-0.25, -0.2) is 0 Å². The molecule has 1 aromatic heterocycles. The first-order chi connectivity index (χ1) is 9.50. The third-order valence-corrected chi connectivity index (χ3v) is 2.69. The normalized spacial score (nSPS) is 12.2. The number of benzene rings is 1. The lowest BCUT2D eigenvalue weighted by atomic mass is 10.1. The Bertz CT molecular complexity index is 708. The van der Waals surface area contributed by atoms with E-state index in [1.165, 1.54) is 6.07 Å². The molecule has 0 atom stereocenters. The zero-order valence-corrected chi connectivity index (χ0v) is 10.3. The van der Waals surface area contributed by atoms with Crippen LogP contribution in [0.2, 0.25) is 0 Å². The molecule has 0 aliphatic heterocycles. The highest BCUT2D eigenvalue weighted by atomic mass is 19.4. The van der Waals surface area contributed by atoms with Gasteiger partial charge in [0.25, 0.3) is 0 Å². The van der Waals surface area contributed by atoms with E-state index < -0.39 is 11.7 Å². The Morgan fingerprint density at radius 3 is 2.65 bits per heavy atom. The summed E-state index contributed by atoms with van der Waals surface area (Å²) in [6.45, 7) is 0.214. The quantitative estimate of drug-likeness (QED) is 0.778. The molecule has 0 saturated heterocycles. The number of halogens is 3. The minimum atomic E-state index is -4.36. The Balaban J connectivity index is 2.37. The number of hydrogen-bond donors (Lipinski definition) is 0. The largest absolute Gasteiger partial charge is 0.416 e. The van der Waals surface area contributed by atoms with Gasteiger partial charge in [-0.05, 0) is 29.8 Å². The van der Waals surface area contributed by atoms with Gasteiger partial charge in [0.2, 0.25) is 6.19 Å². The van der Waals surface area contributed by atoms with E-state index in [0.29, 0.717) is 11.1 Å². The smallest absolute Gasteiger partial charge is 0.328 e. The first-order valence-electron chi connectivity index (χ1n) is 5.75. The molecule has 6 heteroatoms. The highest BCUT2D eigenvalue weighted by molar-refractivity contribution is 5.26. The number of nitrogens with zero attached hydrogens (tertiary/aromatic N) is 3. The van der Waals surface area contributed by atoms with E-state index in [1.807, 2.05) is 0 Å². The lowest BCUT2D eigenvalue weighted by Gasteiger charge is -2.10. The molecule has 102 valence electrons. The molecule has 0 N–H and O–H groups in total. The molecule has 1 aromatic carbocycles. The van der Waals surface area contributed by atoms with E-state index in [4.69, 9.17) is 5.26 Å². The molecule has 0 saturated carbocycles. The van der Waals surface area contributed by atoms with Crippen LogP contribution >= 0.6 is 0 Å². The zero-order chi connectivity index (χ0) is 14.6. The molecular weight excluding hydrogens is 267 g/mol. The Kier molecular flexibility index (Phi) is 3.89. The van der Waals surface area contributed by atoms with Gasteiger partial charge in [-0.1, -0.05) is 18.2 Å². The maximum atomic E-state index is 12.6. The highest BCUT2D eigenvalue weighted by Crippen LogP contribution is 2.29. The van der Waals surface area contributed by atoms with Crippen LogP contribution in [0.1, 0.15) is 11.1 Å². The Hall–Kier alpha value is -2.55. The molecule has 20 heavy (non-hydrogen) atoms. The molecule has 3 nitrogen and oxygen atoms in total. The molecule has 0 bridgehead atoms. The van der Waals surface area contributed by atoms with Crippen molar-refractivity contribution in [2.75, 3.05) is 0 Å². The fraction of sp³-hybridized carbons (Fsp3) is 0.143. The summed E-state index contributed by atoms with van der Waals surface area (Å²) in [5.74, 6) is 0. The van der Waals surface area contributed by atoms with Gasteiger partial charge < -0.3 is 4.57 Å². The van der Waals surface area contributed by atoms with E-state index in [2.05, 4.69) is 4.99 Å². The summed E-state index contributed by atoms with van der Waals surface area (Å²) in [5, 5.41) is 8.58. The molecule has 0 radical (unpaired) electrons. The van der Waals surface area contributed by atoms with E-state index in [0.717, 1.165) is 12.1 Å². The van der Waals surface area contributed by atoms with E-state index >= 15 is 0 Å². The highest BCUT2D eigenvalue weighted by Gasteiger charge is 2.30. The van der Waals surface area contributed by atoms with Crippen molar-refractivity contribution >= 4 is 0 Å². The Morgan fingerprint density at radius 1 is 1.15 bits per heavy atom. The minimum Gasteiger partial charge on any atom is -0.328 e. The zero-order valence-electron chi connectivity index (χ0n) is 10.3. The van der Waals surface area contributed by atoms with Crippen molar-refractivity contribution in [2.45, 2.75) is 12.7 Å². The van der Waals surface area contributed by atoms with E-state index in [1.54, 1.807) is 41.2 Å². The summed E-state index contributed by atoms with van der Waals surface area (Å²) in [4.78, 5) is 3.62. The summed E-state index contributed by atoms with van der Waals surface area (Å²) in [6, 6.07) is 10.1. The Labute approximate surface area is 113 Å². The lowest BCUT2D eigenvalue weighted by molar-refractivity contribution is -0.137. The fourth-order valence-corrected chi connectivity index (χ4v) is 1.80. The van der Waals surface area contributed by atoms with Crippen LogP contribution in [0, 0.1) is 11.5 Å². The number of rotatable bonds is 2. The SMILES string of the molecule is N#CN=c1ccccn1Cc1cccc(C(F)(F)F)c1. The van der Waals surface area contributed by atoms with Crippen LogP contribution in [0.5, 0.6) is 0 Å². The summed E-state index contributed by atoms with van der Waals surface area (Å²) < 4.78 is 39.5. The van der Waals surface area contributed by atoms with Crippen LogP contribution in [-0.4, -0.2) is 4.57 Å². The standard InChI is InChI=1S/C14H10F3N3/c15-14(16,17)12-5-3-4-11(8-12)9-20-7-2-1-6-13(20)19-10-18/h1-8H,9H2. The molecule has 0 aliphatic rings. The van der Waals surface area contributed by atoms with Gasteiger partial charge in [0.15, 0.2) is 0 Å². The predicted octanol–water partition coefficient (Wildman–Crippen LogP) is 2.94. The summed E-state index contributed by atoms with van der Waals surface area (Å²) in [5.41, 5.74) is 0.197. The summed E-state index contributed by atoms with van der Waals surface area (Å²) >= 11 is 0. The van der Waals surface area contributed by atoms with Crippen LogP contribution in [-0.2, 0) is 12.7 Å². The van der Waals surface area contributed by atoms with Crippen LogP contribution < -0.4 is 5.49 Å². The third kappa shape index (κ3) is 3.26. The van der Waals surface area contributed by atoms with Crippen molar-refractivity contribution in [1.29, 1.82) is 5.26 Å². The maximum Gasteiger partial charge on any atom is 0.416 e. The maximum absolute atomic E-state index is 12.6. The van der Waals surface area contributed by atoms with Gasteiger partial charge in [0.1, 0.15) is 5.49 Å². The number of alkyl halides is 3. The first-order valence-corrected chi connectivity index (χ1v) is 5.75. The fourth-order valence-electron chi connectivity index (χ4n) is 1.80. The summed E-state index contributed by atoms with van der Waals surface area (Å²) in [6.07, 6.45) is -1.03. The third-order valence-electron chi connectivity index (χ3n) is 2.69. The molecule has 2 rings (SSSR count). The monoisotopic (exact) mass is 277 g/mol. The average molecular weight is 277 g/mol. The molecular formula is C14H10F3N3. The lowest BCUT2D eigenvalue weighted by Crippen LogP contribution is -2.20. The van der Waals surface area contributed by atoms with Gasteiger partial charge in [0, 0.05) is 12.7 Å². The number of aromatic nitrogens is 1. The molecule has 1 heterocycles. The van der Waals surface area contributed by atoms with Crippen LogP contribution in [0.4, 0.5) is 13.2 Å². The minimum absolute atomic E-state index is 0.214. The molecule has 0 amide bonds. The van der Waals surface area contributed by atoms with Gasteiger partial charge >= 0.3 is 6.18 Å². The van der Waals surface area contributed by atoms with Gasteiger partial charge in [-0.15, -0.1) is 0 Å². The van der Waals surface area contributed by atoms with Crippen LogP contribution in [0.3, 0.4) is 0 Å². The van der Waals surface area contributed by atoms with Crippen molar-refractivity contribution in [2.24, 2.45) is 4.99 Å². The number of pyridine rings is 1. The van der Waals surface area contributed by atoms with Crippen molar-refractivity contribution in [3.05, 3.63) is 65.3 Å². The van der Waals surface area contributed by atoms with Crippen molar-refractivity contribution in [3.8, 4) is 6.19 Å². The second-order valence-electron chi connectivity index (χ2n) is 4.10. The molecule has 0 fully saturated rings. The summed E-state index contributed by atoms with van der Waals surface area (Å²) in [7, 11) is 0. The topological polar surface area (TPSA) is 41.1 Å². The van der Waals surface area contributed by atoms with Gasteiger partial charge in [-0.2, -0.15) is 23.4 Å².